The summed E-state index contributed by atoms with van der Waals surface area (Å²) < 4.78 is 45.5. The molecule has 46 heavy (non-hydrogen) atoms. The molecule has 0 heterocycles. The van der Waals surface area contributed by atoms with Crippen LogP contribution in [0, 0.1) is 0 Å². The number of nitrogens with one attached hydrogen (secondary N) is 1. The lowest BCUT2D eigenvalue weighted by Crippen LogP contribution is -2.53. The lowest BCUT2D eigenvalue weighted by Gasteiger charge is -2.33. The molecule has 0 saturated carbocycles. The lowest BCUT2D eigenvalue weighted by atomic mass is 10.0. The van der Waals surface area contributed by atoms with Crippen LogP contribution in [0.2, 0.25) is 5.02 Å². The van der Waals surface area contributed by atoms with Gasteiger partial charge < -0.3 is 24.4 Å². The molecular formula is C34H36ClN3O7S. The van der Waals surface area contributed by atoms with Gasteiger partial charge in [0.25, 0.3) is 10.0 Å². The number of sulfonamides is 1. The number of anilines is 1. The summed E-state index contributed by atoms with van der Waals surface area (Å²) in [6, 6.07) is 25.7. The first-order chi connectivity index (χ1) is 22.1. The molecule has 242 valence electrons. The Morgan fingerprint density at radius 1 is 0.804 bits per heavy atom. The second-order valence-corrected chi connectivity index (χ2v) is 12.5. The van der Waals surface area contributed by atoms with Crippen LogP contribution in [-0.4, -0.2) is 66.1 Å². The molecule has 0 aromatic heterocycles. The summed E-state index contributed by atoms with van der Waals surface area (Å²) in [5.74, 6) is 0.109. The molecule has 0 fully saturated rings. The predicted octanol–water partition coefficient (Wildman–Crippen LogP) is 4.95. The number of amides is 2. The van der Waals surface area contributed by atoms with Gasteiger partial charge in [0.05, 0.1) is 31.9 Å². The third-order valence-electron chi connectivity index (χ3n) is 7.34. The van der Waals surface area contributed by atoms with Crippen molar-refractivity contribution in [2.75, 3.05) is 39.2 Å². The first-order valence-electron chi connectivity index (χ1n) is 14.3. The maximum absolute atomic E-state index is 14.4. The van der Waals surface area contributed by atoms with Crippen LogP contribution in [0.1, 0.15) is 11.1 Å². The highest BCUT2D eigenvalue weighted by Gasteiger charge is 2.34. The molecule has 0 radical (unpaired) electrons. The van der Waals surface area contributed by atoms with E-state index in [9.17, 15) is 18.0 Å². The van der Waals surface area contributed by atoms with Crippen LogP contribution in [0.5, 0.6) is 17.2 Å². The van der Waals surface area contributed by atoms with Gasteiger partial charge in [-0.15, -0.1) is 0 Å². The Balaban J connectivity index is 1.81. The third kappa shape index (κ3) is 8.09. The molecule has 4 rings (SSSR count). The number of benzene rings is 4. The number of carbonyl (C=O) groups excluding carboxylic acids is 2. The summed E-state index contributed by atoms with van der Waals surface area (Å²) in [6.07, 6.45) is 0.194. The highest BCUT2D eigenvalue weighted by atomic mass is 35.5. The minimum Gasteiger partial charge on any atom is -0.497 e. The maximum atomic E-state index is 14.4. The average molecular weight is 666 g/mol. The summed E-state index contributed by atoms with van der Waals surface area (Å²) in [5.41, 5.74) is 1.72. The molecule has 12 heteroatoms. The van der Waals surface area contributed by atoms with Crippen molar-refractivity contribution in [2.45, 2.75) is 23.9 Å². The van der Waals surface area contributed by atoms with E-state index >= 15 is 0 Å². The normalized spacial score (nSPS) is 11.7. The zero-order valence-electron chi connectivity index (χ0n) is 26.0. The van der Waals surface area contributed by atoms with E-state index in [0.29, 0.717) is 22.1 Å². The zero-order chi connectivity index (χ0) is 33.3. The average Bonchev–Trinajstić information content (AvgIpc) is 3.08. The third-order valence-corrected chi connectivity index (χ3v) is 9.36. The molecule has 1 atom stereocenters. The number of methoxy groups -OCH3 is 3. The molecule has 1 N–H and O–H groups in total. The standard InChI is InChI=1S/C34H36ClN3O7S/c1-36-34(40)30(20-24-9-6-5-7-10-24)37(22-25-11-8-12-28(19-25)43-2)33(39)23-38(27-15-13-26(35)14-16-27)46(41,42)29-17-18-31(44-3)32(21-29)45-4/h5-19,21,30H,20,22-23H2,1-4H3,(H,36,40)/t30-/m1/s1. The minimum absolute atomic E-state index is 0.00577. The van der Waals surface area contributed by atoms with Crippen molar-refractivity contribution in [3.8, 4) is 17.2 Å². The van der Waals surface area contributed by atoms with Gasteiger partial charge in [0.15, 0.2) is 11.5 Å². The van der Waals surface area contributed by atoms with Crippen molar-refractivity contribution in [1.82, 2.24) is 10.2 Å². The Labute approximate surface area is 274 Å². The number of rotatable bonds is 14. The Morgan fingerprint density at radius 2 is 1.48 bits per heavy atom. The quantitative estimate of drug-likeness (QED) is 0.203. The molecule has 0 unspecified atom stereocenters. The molecule has 0 aliphatic carbocycles. The summed E-state index contributed by atoms with van der Waals surface area (Å²) in [5, 5.41) is 3.06. The molecule has 0 spiro atoms. The largest absolute Gasteiger partial charge is 0.497 e. The van der Waals surface area contributed by atoms with Crippen molar-refractivity contribution < 1.29 is 32.2 Å². The van der Waals surface area contributed by atoms with E-state index in [-0.39, 0.29) is 29.3 Å². The first kappa shape index (κ1) is 34.1. The van der Waals surface area contributed by atoms with Crippen molar-refractivity contribution in [3.05, 3.63) is 113 Å². The summed E-state index contributed by atoms with van der Waals surface area (Å²) in [6.45, 7) is -0.615. The first-order valence-corrected chi connectivity index (χ1v) is 16.1. The maximum Gasteiger partial charge on any atom is 0.264 e. The second-order valence-electron chi connectivity index (χ2n) is 10.2. The van der Waals surface area contributed by atoms with Gasteiger partial charge in [-0.3, -0.25) is 13.9 Å². The number of hydrogen-bond donors (Lipinski definition) is 1. The highest BCUT2D eigenvalue weighted by molar-refractivity contribution is 7.92. The van der Waals surface area contributed by atoms with E-state index in [1.165, 1.54) is 75.7 Å². The van der Waals surface area contributed by atoms with Gasteiger partial charge in [0.2, 0.25) is 11.8 Å². The fraction of sp³-hybridized carbons (Fsp3) is 0.235. The van der Waals surface area contributed by atoms with Gasteiger partial charge in [0.1, 0.15) is 18.3 Å². The molecule has 0 aliphatic heterocycles. The van der Waals surface area contributed by atoms with Crippen molar-refractivity contribution in [2.24, 2.45) is 0 Å². The fourth-order valence-electron chi connectivity index (χ4n) is 4.93. The number of likely N-dealkylation sites (N-methyl/N-ethyl adjacent to an activating group) is 1. The van der Waals surface area contributed by atoms with Gasteiger partial charge in [-0.1, -0.05) is 54.1 Å². The SMILES string of the molecule is CNC(=O)[C@@H](Cc1ccccc1)N(Cc1cccc(OC)c1)C(=O)CN(c1ccc(Cl)cc1)S(=O)(=O)c1ccc(OC)c(OC)c1. The van der Waals surface area contributed by atoms with Gasteiger partial charge in [-0.2, -0.15) is 0 Å². The molecule has 0 saturated heterocycles. The van der Waals surface area contributed by atoms with E-state index in [1.54, 1.807) is 18.2 Å². The van der Waals surface area contributed by atoms with Gasteiger partial charge in [0, 0.05) is 31.1 Å². The van der Waals surface area contributed by atoms with E-state index in [0.717, 1.165) is 9.87 Å². The van der Waals surface area contributed by atoms with Crippen LogP contribution in [-0.2, 0) is 32.6 Å². The van der Waals surface area contributed by atoms with Crippen molar-refractivity contribution >= 4 is 39.1 Å². The van der Waals surface area contributed by atoms with E-state index in [2.05, 4.69) is 5.32 Å². The van der Waals surface area contributed by atoms with E-state index < -0.39 is 34.4 Å². The molecule has 4 aromatic carbocycles. The van der Waals surface area contributed by atoms with Crippen LogP contribution in [0.3, 0.4) is 0 Å². The van der Waals surface area contributed by atoms with Crippen LogP contribution in [0.25, 0.3) is 0 Å². The van der Waals surface area contributed by atoms with Crippen LogP contribution >= 0.6 is 11.6 Å². The van der Waals surface area contributed by atoms with Gasteiger partial charge >= 0.3 is 0 Å². The van der Waals surface area contributed by atoms with Crippen LogP contribution in [0.4, 0.5) is 5.69 Å². The number of carbonyl (C=O) groups is 2. The Hall–Kier alpha value is -4.74. The Kier molecular flexibility index (Phi) is 11.5. The smallest absolute Gasteiger partial charge is 0.264 e. The van der Waals surface area contributed by atoms with E-state index in [1.807, 2.05) is 36.4 Å². The van der Waals surface area contributed by atoms with E-state index in [4.69, 9.17) is 25.8 Å². The van der Waals surface area contributed by atoms with Crippen LogP contribution in [0.15, 0.2) is 102 Å². The highest BCUT2D eigenvalue weighted by Crippen LogP contribution is 2.33. The second kappa shape index (κ2) is 15.5. The zero-order valence-corrected chi connectivity index (χ0v) is 27.5. The summed E-state index contributed by atoms with van der Waals surface area (Å²) in [7, 11) is 1.52. The molecule has 4 aromatic rings. The monoisotopic (exact) mass is 665 g/mol. The van der Waals surface area contributed by atoms with Crippen LogP contribution < -0.4 is 23.8 Å². The lowest BCUT2D eigenvalue weighted by molar-refractivity contribution is -0.139. The predicted molar refractivity (Wildman–Crippen MR) is 177 cm³/mol. The number of ether oxygens (including phenoxy) is 3. The Morgan fingerprint density at radius 3 is 2.11 bits per heavy atom. The van der Waals surface area contributed by atoms with Crippen molar-refractivity contribution in [3.63, 3.8) is 0 Å². The molecule has 0 aliphatic rings. The number of nitrogens with zero attached hydrogens (tertiary/aromatic N) is 2. The fourth-order valence-corrected chi connectivity index (χ4v) is 6.48. The molecule has 10 nitrogen and oxygen atoms in total. The minimum atomic E-state index is -4.36. The number of halogens is 1. The van der Waals surface area contributed by atoms with Gasteiger partial charge in [-0.05, 0) is 59.7 Å². The summed E-state index contributed by atoms with van der Waals surface area (Å²) >= 11 is 6.13. The Bertz CT molecular complexity index is 1750. The van der Waals surface area contributed by atoms with Gasteiger partial charge in [-0.25, -0.2) is 8.42 Å². The van der Waals surface area contributed by atoms with Crippen molar-refractivity contribution in [1.29, 1.82) is 0 Å². The molecular weight excluding hydrogens is 630 g/mol. The molecule has 0 bridgehead atoms. The number of hydrogen-bond acceptors (Lipinski definition) is 7. The summed E-state index contributed by atoms with van der Waals surface area (Å²) in [4.78, 5) is 29.1. The topological polar surface area (TPSA) is 114 Å². The molecule has 2 amide bonds.